The Hall–Kier alpha value is -1.33. The molecule has 4 nitrogen and oxygen atoms in total. The lowest BCUT2D eigenvalue weighted by Crippen LogP contribution is -2.43. The number of sulfonamides is 1. The highest BCUT2D eigenvalue weighted by Gasteiger charge is 2.33. The molecule has 26 heavy (non-hydrogen) atoms. The predicted octanol–water partition coefficient (Wildman–Crippen LogP) is 5.04. The molecule has 0 aliphatic carbocycles. The summed E-state index contributed by atoms with van der Waals surface area (Å²) in [6.07, 6.45) is 10.7. The molecule has 0 radical (unpaired) electrons. The quantitative estimate of drug-likeness (QED) is 0.535. The molecule has 1 aliphatic rings. The minimum atomic E-state index is -3.48. The second-order valence-corrected chi connectivity index (χ2v) is 9.07. The van der Waals surface area contributed by atoms with Crippen molar-refractivity contribution >= 4 is 10.0 Å². The monoisotopic (exact) mass is 379 g/mol. The van der Waals surface area contributed by atoms with E-state index in [0.717, 1.165) is 24.2 Å². The Kier molecular flexibility index (Phi) is 8.16. The lowest BCUT2D eigenvalue weighted by atomic mass is 10.0. The lowest BCUT2D eigenvalue weighted by molar-refractivity contribution is 0.212. The minimum absolute atomic E-state index is 0.0209. The van der Waals surface area contributed by atoms with Crippen molar-refractivity contribution in [3.8, 4) is 0 Å². The summed E-state index contributed by atoms with van der Waals surface area (Å²) in [5, 5.41) is 0. The number of aryl methyl sites for hydroxylation is 1. The summed E-state index contributed by atoms with van der Waals surface area (Å²) >= 11 is 0. The van der Waals surface area contributed by atoms with E-state index in [1.807, 2.05) is 25.1 Å². The summed E-state index contributed by atoms with van der Waals surface area (Å²) in [4.78, 5) is 0.380. The maximum Gasteiger partial charge on any atom is 0.243 e. The maximum atomic E-state index is 13.1. The molecule has 1 aromatic carbocycles. The summed E-state index contributed by atoms with van der Waals surface area (Å²) in [6.45, 7) is 4.57. The van der Waals surface area contributed by atoms with Crippen molar-refractivity contribution in [1.82, 2.24) is 4.31 Å². The standard InChI is InChI=1S/C21H33NO3S/c1-4-5-6-7-8-9-10-19-17-20(25-3)15-16-22(19)26(23,24)21-13-11-18(2)12-14-21/h11-15,19H,4-10,16-17H2,1-3H3. The van der Waals surface area contributed by atoms with E-state index < -0.39 is 10.0 Å². The Balaban J connectivity index is 2.07. The van der Waals surface area contributed by atoms with Gasteiger partial charge in [-0.15, -0.1) is 0 Å². The number of unbranched alkanes of at least 4 members (excludes halogenated alkanes) is 5. The first-order valence-corrected chi connectivity index (χ1v) is 11.2. The molecule has 0 saturated carbocycles. The van der Waals surface area contributed by atoms with E-state index in [1.54, 1.807) is 23.5 Å². The van der Waals surface area contributed by atoms with Gasteiger partial charge in [0.25, 0.3) is 0 Å². The van der Waals surface area contributed by atoms with Crippen molar-refractivity contribution in [2.24, 2.45) is 0 Å². The minimum Gasteiger partial charge on any atom is -0.501 e. The third kappa shape index (κ3) is 5.58. The first-order chi connectivity index (χ1) is 12.5. The van der Waals surface area contributed by atoms with Gasteiger partial charge in [-0.25, -0.2) is 8.42 Å². The Labute approximate surface area is 159 Å². The number of hydrogen-bond donors (Lipinski definition) is 0. The maximum absolute atomic E-state index is 13.1. The van der Waals surface area contributed by atoms with Crippen LogP contribution in [-0.2, 0) is 14.8 Å². The van der Waals surface area contributed by atoms with E-state index in [2.05, 4.69) is 6.92 Å². The van der Waals surface area contributed by atoms with Crippen molar-refractivity contribution < 1.29 is 13.2 Å². The predicted molar refractivity (Wildman–Crippen MR) is 107 cm³/mol. The van der Waals surface area contributed by atoms with Crippen LogP contribution in [0.5, 0.6) is 0 Å². The number of rotatable bonds is 10. The third-order valence-corrected chi connectivity index (χ3v) is 7.06. The summed E-state index contributed by atoms with van der Waals surface area (Å²) in [7, 11) is -1.81. The van der Waals surface area contributed by atoms with Crippen LogP contribution in [0.2, 0.25) is 0 Å². The molecule has 1 atom stereocenters. The van der Waals surface area contributed by atoms with Gasteiger partial charge in [0.1, 0.15) is 0 Å². The number of methoxy groups -OCH3 is 1. The third-order valence-electron chi connectivity index (χ3n) is 5.12. The Morgan fingerprint density at radius 3 is 2.38 bits per heavy atom. The van der Waals surface area contributed by atoms with Crippen LogP contribution in [0.15, 0.2) is 41.0 Å². The van der Waals surface area contributed by atoms with Crippen LogP contribution in [-0.4, -0.2) is 32.4 Å². The van der Waals surface area contributed by atoms with E-state index in [9.17, 15) is 8.42 Å². The van der Waals surface area contributed by atoms with Gasteiger partial charge in [0.15, 0.2) is 0 Å². The number of benzene rings is 1. The van der Waals surface area contributed by atoms with Crippen LogP contribution in [0.1, 0.15) is 63.9 Å². The van der Waals surface area contributed by atoms with Gasteiger partial charge in [-0.3, -0.25) is 0 Å². The van der Waals surface area contributed by atoms with Crippen molar-refractivity contribution in [3.63, 3.8) is 0 Å². The second-order valence-electron chi connectivity index (χ2n) is 7.18. The van der Waals surface area contributed by atoms with Crippen LogP contribution in [0.3, 0.4) is 0 Å². The van der Waals surface area contributed by atoms with E-state index in [1.165, 1.54) is 32.1 Å². The molecular weight excluding hydrogens is 346 g/mol. The smallest absolute Gasteiger partial charge is 0.243 e. The molecule has 0 N–H and O–H groups in total. The van der Waals surface area contributed by atoms with Crippen LogP contribution < -0.4 is 0 Å². The van der Waals surface area contributed by atoms with E-state index in [4.69, 9.17) is 4.74 Å². The molecule has 0 aromatic heterocycles. The highest BCUT2D eigenvalue weighted by Crippen LogP contribution is 2.29. The fourth-order valence-corrected chi connectivity index (χ4v) is 5.07. The van der Waals surface area contributed by atoms with Crippen LogP contribution >= 0.6 is 0 Å². The van der Waals surface area contributed by atoms with Gasteiger partial charge in [-0.2, -0.15) is 4.31 Å². The van der Waals surface area contributed by atoms with Crippen LogP contribution in [0.4, 0.5) is 0 Å². The van der Waals surface area contributed by atoms with Crippen molar-refractivity contribution in [2.75, 3.05) is 13.7 Å². The molecule has 0 fully saturated rings. The van der Waals surface area contributed by atoms with Gasteiger partial charge >= 0.3 is 0 Å². The molecular formula is C21H33NO3S. The Bertz CT molecular complexity index is 680. The molecule has 0 bridgehead atoms. The molecule has 0 spiro atoms. The first-order valence-electron chi connectivity index (χ1n) is 9.80. The average Bonchev–Trinajstić information content (AvgIpc) is 2.64. The zero-order valence-corrected chi connectivity index (χ0v) is 17.2. The summed E-state index contributed by atoms with van der Waals surface area (Å²) in [6, 6.07) is 7.11. The van der Waals surface area contributed by atoms with Gasteiger partial charge in [-0.05, 0) is 31.6 Å². The van der Waals surface area contributed by atoms with Gasteiger partial charge < -0.3 is 4.74 Å². The topological polar surface area (TPSA) is 46.6 Å². The molecule has 0 amide bonds. The van der Waals surface area contributed by atoms with E-state index >= 15 is 0 Å². The fourth-order valence-electron chi connectivity index (χ4n) is 3.47. The van der Waals surface area contributed by atoms with Crippen molar-refractivity contribution in [2.45, 2.75) is 76.2 Å². The van der Waals surface area contributed by atoms with Gasteiger partial charge in [-0.1, -0.05) is 63.1 Å². The zero-order chi connectivity index (χ0) is 19.0. The number of nitrogens with zero attached hydrogens (tertiary/aromatic N) is 1. The van der Waals surface area contributed by atoms with E-state index in [0.29, 0.717) is 17.9 Å². The highest BCUT2D eigenvalue weighted by molar-refractivity contribution is 7.89. The van der Waals surface area contributed by atoms with Gasteiger partial charge in [0.2, 0.25) is 10.0 Å². The Morgan fingerprint density at radius 2 is 1.73 bits per heavy atom. The molecule has 5 heteroatoms. The molecule has 2 rings (SSSR count). The van der Waals surface area contributed by atoms with Gasteiger partial charge in [0, 0.05) is 19.0 Å². The second kappa shape index (κ2) is 10.1. The van der Waals surface area contributed by atoms with E-state index in [-0.39, 0.29) is 6.04 Å². The van der Waals surface area contributed by atoms with Crippen molar-refractivity contribution in [3.05, 3.63) is 41.7 Å². The highest BCUT2D eigenvalue weighted by atomic mass is 32.2. The fraction of sp³-hybridized carbons (Fsp3) is 0.619. The SMILES string of the molecule is CCCCCCCCC1CC(OC)=CCN1S(=O)(=O)c1ccc(C)cc1. The molecule has 146 valence electrons. The molecule has 1 aromatic rings. The average molecular weight is 380 g/mol. The van der Waals surface area contributed by atoms with Gasteiger partial charge in [0.05, 0.1) is 17.8 Å². The number of hydrogen-bond acceptors (Lipinski definition) is 3. The lowest BCUT2D eigenvalue weighted by Gasteiger charge is -2.34. The van der Waals surface area contributed by atoms with Crippen LogP contribution in [0, 0.1) is 6.92 Å². The Morgan fingerprint density at radius 1 is 1.08 bits per heavy atom. The summed E-state index contributed by atoms with van der Waals surface area (Å²) in [5.41, 5.74) is 1.06. The molecule has 1 aliphatic heterocycles. The first kappa shape index (κ1) is 21.0. The summed E-state index contributed by atoms with van der Waals surface area (Å²) in [5.74, 6) is 0.899. The molecule has 1 heterocycles. The number of ether oxygens (including phenoxy) is 1. The molecule has 0 saturated heterocycles. The van der Waals surface area contributed by atoms with Crippen LogP contribution in [0.25, 0.3) is 0 Å². The molecule has 1 unspecified atom stereocenters. The zero-order valence-electron chi connectivity index (χ0n) is 16.4. The summed E-state index contributed by atoms with van der Waals surface area (Å²) < 4.78 is 33.3. The normalized spacial score (nSPS) is 18.6. The van der Waals surface area contributed by atoms with Crippen molar-refractivity contribution in [1.29, 1.82) is 0 Å². The largest absolute Gasteiger partial charge is 0.501 e.